The van der Waals surface area contributed by atoms with Crippen molar-refractivity contribution in [2.24, 2.45) is 11.8 Å². The lowest BCUT2D eigenvalue weighted by Crippen LogP contribution is -2.65. The normalized spacial score (nSPS) is 20.9. The van der Waals surface area contributed by atoms with Crippen LogP contribution >= 0.6 is 0 Å². The van der Waals surface area contributed by atoms with Crippen molar-refractivity contribution in [2.75, 3.05) is 18.0 Å². The molecule has 2 aliphatic rings. The van der Waals surface area contributed by atoms with Crippen molar-refractivity contribution in [3.8, 4) is 0 Å². The number of Topliss-reactive ketones (excluding diaryl/α,β-unsaturated/α-hetero) is 1. The third kappa shape index (κ3) is 7.89. The van der Waals surface area contributed by atoms with Gasteiger partial charge in [-0.25, -0.2) is 9.18 Å². The van der Waals surface area contributed by atoms with Crippen molar-refractivity contribution in [3.05, 3.63) is 101 Å². The predicted molar refractivity (Wildman–Crippen MR) is 189 cm³/mol. The van der Waals surface area contributed by atoms with Gasteiger partial charge >= 0.3 is 5.97 Å². The average molecular weight is 672 g/mol. The lowest BCUT2D eigenvalue weighted by Gasteiger charge is -2.52. The van der Waals surface area contributed by atoms with Crippen molar-refractivity contribution in [1.29, 1.82) is 0 Å². The number of carbonyl (C=O) groups is 3. The second-order valence-electron chi connectivity index (χ2n) is 14.1. The third-order valence-corrected chi connectivity index (χ3v) is 10.7. The minimum Gasteiger partial charge on any atom is -0.457 e. The Morgan fingerprint density at radius 1 is 1.00 bits per heavy atom. The van der Waals surface area contributed by atoms with Crippen LogP contribution in [0, 0.1) is 17.7 Å². The quantitative estimate of drug-likeness (QED) is 0.236. The number of nitrogens with one attached hydrogen (secondary N) is 1. The molecule has 1 amide bonds. The molecule has 3 aromatic carbocycles. The molecule has 0 aliphatic carbocycles. The molecule has 2 heterocycles. The lowest BCUT2D eigenvalue weighted by molar-refractivity contribution is -0.128. The Hall–Kier alpha value is -4.08. The number of hydrogen-bond acceptors (Lipinski definition) is 7. The van der Waals surface area contributed by atoms with Crippen molar-refractivity contribution < 1.29 is 28.6 Å². The predicted octanol–water partition coefficient (Wildman–Crippen LogP) is 6.55. The maximum atomic E-state index is 14.6. The van der Waals surface area contributed by atoms with Gasteiger partial charge in [-0.2, -0.15) is 0 Å². The van der Waals surface area contributed by atoms with E-state index in [0.717, 1.165) is 23.2 Å². The lowest BCUT2D eigenvalue weighted by atomic mass is 9.79. The van der Waals surface area contributed by atoms with Crippen molar-refractivity contribution in [1.82, 2.24) is 10.2 Å². The van der Waals surface area contributed by atoms with Gasteiger partial charge in [-0.3, -0.25) is 14.5 Å². The second-order valence-corrected chi connectivity index (χ2v) is 14.1. The Kier molecular flexibility index (Phi) is 11.6. The molecule has 4 atom stereocenters. The first-order chi connectivity index (χ1) is 23.4. The molecule has 9 heteroatoms. The Balaban J connectivity index is 1.32. The number of halogens is 1. The second kappa shape index (κ2) is 15.6. The highest BCUT2D eigenvalue weighted by molar-refractivity contribution is 5.95. The van der Waals surface area contributed by atoms with Crippen LogP contribution in [0.5, 0.6) is 0 Å². The van der Waals surface area contributed by atoms with Crippen LogP contribution in [0.1, 0.15) is 92.1 Å². The van der Waals surface area contributed by atoms with Crippen molar-refractivity contribution in [3.63, 3.8) is 0 Å². The first-order valence-electron chi connectivity index (χ1n) is 17.6. The average Bonchev–Trinajstić information content (AvgIpc) is 3.20. The highest BCUT2D eigenvalue weighted by Gasteiger charge is 2.51. The number of rotatable bonds is 10. The number of aliphatic hydroxyl groups is 1. The number of ketones is 1. The van der Waals surface area contributed by atoms with Crippen LogP contribution in [-0.4, -0.2) is 64.6 Å². The monoisotopic (exact) mass is 671 g/mol. The summed E-state index contributed by atoms with van der Waals surface area (Å²) in [6, 6.07) is 20.8. The summed E-state index contributed by atoms with van der Waals surface area (Å²) < 4.78 is 20.2. The number of piperidine rings is 1. The molecule has 0 radical (unpaired) electrons. The molecule has 8 nitrogen and oxygen atoms in total. The number of aryl methyl sites for hydroxylation is 1. The summed E-state index contributed by atoms with van der Waals surface area (Å²) in [6.07, 6.45) is 1.89. The Morgan fingerprint density at radius 3 is 2.31 bits per heavy atom. The highest BCUT2D eigenvalue weighted by Crippen LogP contribution is 2.42. The summed E-state index contributed by atoms with van der Waals surface area (Å²) in [5, 5.41) is 14.5. The van der Waals surface area contributed by atoms with E-state index in [2.05, 4.69) is 24.1 Å². The molecule has 0 bridgehead atoms. The van der Waals surface area contributed by atoms with Gasteiger partial charge in [0.15, 0.2) is 5.78 Å². The van der Waals surface area contributed by atoms with E-state index in [1.54, 1.807) is 24.3 Å². The molecule has 2 fully saturated rings. The molecule has 3 aromatic rings. The van der Waals surface area contributed by atoms with Crippen LogP contribution in [0.4, 0.5) is 10.1 Å². The topological polar surface area (TPSA) is 99.2 Å². The van der Waals surface area contributed by atoms with E-state index in [4.69, 9.17) is 4.74 Å². The van der Waals surface area contributed by atoms with Crippen LogP contribution in [-0.2, 0) is 22.6 Å². The van der Waals surface area contributed by atoms with Crippen LogP contribution in [0.25, 0.3) is 0 Å². The molecule has 1 spiro atoms. The number of esters is 1. The molecule has 2 saturated heterocycles. The van der Waals surface area contributed by atoms with Gasteiger partial charge in [-0.1, -0.05) is 64.1 Å². The number of hydrogen-bond donors (Lipinski definition) is 2. The molecule has 5 rings (SSSR count). The molecule has 2 aliphatic heterocycles. The zero-order valence-corrected chi connectivity index (χ0v) is 29.3. The maximum absolute atomic E-state index is 14.6. The molecule has 3 unspecified atom stereocenters. The van der Waals surface area contributed by atoms with Gasteiger partial charge in [0.25, 0.3) is 5.91 Å². The van der Waals surface area contributed by atoms with E-state index < -0.39 is 35.5 Å². The van der Waals surface area contributed by atoms with Gasteiger partial charge in [-0.15, -0.1) is 0 Å². The summed E-state index contributed by atoms with van der Waals surface area (Å²) in [5.74, 6) is -1.26. The minimum absolute atomic E-state index is 0.0342. The molecule has 2 N–H and O–H groups in total. The van der Waals surface area contributed by atoms with Gasteiger partial charge < -0.3 is 20.1 Å². The van der Waals surface area contributed by atoms with Gasteiger partial charge in [-0.05, 0) is 92.0 Å². The molecule has 0 aromatic heterocycles. The fourth-order valence-corrected chi connectivity index (χ4v) is 7.34. The number of ether oxygens (including phenoxy) is 1. The van der Waals surface area contributed by atoms with Crippen LogP contribution in [0.3, 0.4) is 0 Å². The van der Waals surface area contributed by atoms with Crippen LogP contribution in [0.2, 0.25) is 0 Å². The number of anilines is 1. The Morgan fingerprint density at radius 2 is 1.67 bits per heavy atom. The Bertz CT molecular complexity index is 1600. The number of aliphatic hydroxyl groups excluding tert-OH is 1. The summed E-state index contributed by atoms with van der Waals surface area (Å²) in [7, 11) is 0. The SMILES string of the molecule is CCc1ccc(F)c(C(=O)N[C@H](C(C)C)C(O)N2CCC3(CC2)C(=O)CCC(C)C(C)N3c2ccc(C(=O)OCc3ccccc3)cc2)c1. The van der Waals surface area contributed by atoms with Crippen molar-refractivity contribution in [2.45, 2.75) is 97.2 Å². The maximum Gasteiger partial charge on any atom is 0.338 e. The van der Waals surface area contributed by atoms with Gasteiger partial charge in [0, 0.05) is 31.2 Å². The van der Waals surface area contributed by atoms with E-state index in [-0.39, 0.29) is 35.8 Å². The summed E-state index contributed by atoms with van der Waals surface area (Å²) >= 11 is 0. The van der Waals surface area contributed by atoms with E-state index in [9.17, 15) is 23.9 Å². The molecular weight excluding hydrogens is 621 g/mol. The zero-order chi connectivity index (χ0) is 35.3. The van der Waals surface area contributed by atoms with E-state index >= 15 is 0 Å². The molecule has 262 valence electrons. The standard InChI is InChI=1S/C40H50FN3O5/c1-6-29-13-18-34(41)33(24-29)37(46)42-36(26(2)3)38(47)43-22-20-40(21-23-43)35(45)19-12-27(4)28(5)44(40)32-16-14-31(15-17-32)39(48)49-25-30-10-8-7-9-11-30/h7-11,13-18,24,26-28,36,38,47H,6,12,19-23,25H2,1-5H3,(H,42,46)/t27?,28?,36-,38?/m1/s1. The minimum atomic E-state index is -1.02. The molecular formula is C40H50FN3O5. The molecule has 0 saturated carbocycles. The molecule has 49 heavy (non-hydrogen) atoms. The van der Waals surface area contributed by atoms with Crippen LogP contribution < -0.4 is 10.2 Å². The fraction of sp³-hybridized carbons (Fsp3) is 0.475. The van der Waals surface area contributed by atoms with Crippen LogP contribution in [0.15, 0.2) is 72.8 Å². The van der Waals surface area contributed by atoms with Gasteiger partial charge in [0.2, 0.25) is 0 Å². The number of likely N-dealkylation sites (tertiary alicyclic amines) is 1. The first-order valence-corrected chi connectivity index (χ1v) is 17.6. The third-order valence-electron chi connectivity index (χ3n) is 10.7. The summed E-state index contributed by atoms with van der Waals surface area (Å²) in [4.78, 5) is 44.3. The zero-order valence-electron chi connectivity index (χ0n) is 29.3. The van der Waals surface area contributed by atoms with Gasteiger partial charge in [0.05, 0.1) is 17.2 Å². The highest BCUT2D eigenvalue weighted by atomic mass is 19.1. The van der Waals surface area contributed by atoms with Gasteiger partial charge in [0.1, 0.15) is 24.2 Å². The fourth-order valence-electron chi connectivity index (χ4n) is 7.34. The van der Waals surface area contributed by atoms with E-state index in [0.29, 0.717) is 44.3 Å². The summed E-state index contributed by atoms with van der Waals surface area (Å²) in [6.45, 7) is 11.2. The van der Waals surface area contributed by atoms with E-state index in [1.165, 1.54) is 6.07 Å². The summed E-state index contributed by atoms with van der Waals surface area (Å²) in [5.41, 5.74) is 2.26. The van der Waals surface area contributed by atoms with E-state index in [1.807, 2.05) is 68.1 Å². The first kappa shape index (κ1) is 36.2. The number of nitrogens with zero attached hydrogens (tertiary/aromatic N) is 2. The van der Waals surface area contributed by atoms with Crippen molar-refractivity contribution >= 4 is 23.3 Å². The smallest absolute Gasteiger partial charge is 0.338 e. The number of benzene rings is 3. The number of amides is 1. The largest absolute Gasteiger partial charge is 0.457 e. The Labute approximate surface area is 289 Å². The number of carbonyl (C=O) groups excluding carboxylic acids is 3.